The van der Waals surface area contributed by atoms with E-state index in [0.717, 1.165) is 78.7 Å². The monoisotopic (exact) mass is 568 g/mol. The lowest BCUT2D eigenvalue weighted by Gasteiger charge is -2.21. The molecule has 0 aliphatic heterocycles. The van der Waals surface area contributed by atoms with Crippen molar-refractivity contribution in [2.75, 3.05) is 0 Å². The third-order valence-electron chi connectivity index (χ3n) is 8.25. The minimum atomic E-state index is -4.46. The second-order valence-corrected chi connectivity index (χ2v) is 10.7. The first kappa shape index (κ1) is 26.3. The lowest BCUT2D eigenvalue weighted by molar-refractivity contribution is -0.137. The molecule has 0 atom stereocenters. The van der Waals surface area contributed by atoms with Gasteiger partial charge in [-0.15, -0.1) is 0 Å². The fourth-order valence-electron chi connectivity index (χ4n) is 6.40. The van der Waals surface area contributed by atoms with Gasteiger partial charge in [0.2, 0.25) is 0 Å². The summed E-state index contributed by atoms with van der Waals surface area (Å²) < 4.78 is 81.3. The van der Waals surface area contributed by atoms with Crippen molar-refractivity contribution in [1.82, 2.24) is 0 Å². The normalized spacial score (nSPS) is 14.6. The van der Waals surface area contributed by atoms with Crippen molar-refractivity contribution in [2.45, 2.75) is 25.7 Å². The highest BCUT2D eigenvalue weighted by atomic mass is 19.4. The molecule has 0 amide bonds. The Kier molecular flexibility index (Phi) is 5.78. The van der Waals surface area contributed by atoms with E-state index in [1.54, 1.807) is 0 Å². The molecule has 5 aromatic carbocycles. The fraction of sp³-hybridized carbons (Fsp3) is 0.111. The van der Waals surface area contributed by atoms with Crippen LogP contribution in [-0.4, -0.2) is 6.18 Å². The zero-order valence-electron chi connectivity index (χ0n) is 22.3. The molecule has 0 fully saturated rings. The SMILES string of the molecule is Cc1ccc2c3c(cccc13)-c1c-2c(C2=CCC=C(C(F)(F)F)C=C2)c2ccccc2c1-c1ccc(C(F)(F)F)cc1. The van der Waals surface area contributed by atoms with Gasteiger partial charge in [0, 0.05) is 0 Å². The molecular formula is C36H22F6. The van der Waals surface area contributed by atoms with E-state index in [2.05, 4.69) is 0 Å². The quantitative estimate of drug-likeness (QED) is 0.182. The maximum absolute atomic E-state index is 13.6. The molecule has 0 aromatic heterocycles. The van der Waals surface area contributed by atoms with Crippen molar-refractivity contribution >= 4 is 27.1 Å². The molecular weight excluding hydrogens is 546 g/mol. The fourth-order valence-corrected chi connectivity index (χ4v) is 6.40. The Morgan fingerprint density at radius 3 is 1.88 bits per heavy atom. The molecule has 0 bridgehead atoms. The van der Waals surface area contributed by atoms with E-state index in [9.17, 15) is 26.3 Å². The first-order valence-electron chi connectivity index (χ1n) is 13.5. The van der Waals surface area contributed by atoms with Gasteiger partial charge in [-0.3, -0.25) is 0 Å². The molecule has 0 nitrogen and oxygen atoms in total. The van der Waals surface area contributed by atoms with Gasteiger partial charge in [-0.25, -0.2) is 0 Å². The number of aryl methyl sites for hydroxylation is 1. The largest absolute Gasteiger partial charge is 0.416 e. The Morgan fingerprint density at radius 2 is 1.19 bits per heavy atom. The predicted molar refractivity (Wildman–Crippen MR) is 157 cm³/mol. The average molecular weight is 569 g/mol. The standard InChI is InChI=1S/C36H22F6/c1-20-12-19-29-32-25(20)10-5-11-28(32)33-31(22-14-17-24(18-15-22)36(40,41)42)27-9-3-2-8-26(27)30(34(29)33)21-6-4-7-23(16-13-21)35(37,38)39/h2-3,5-19H,4H2,1H3. The van der Waals surface area contributed by atoms with Crippen LogP contribution in [0, 0.1) is 6.92 Å². The number of rotatable bonds is 2. The smallest absolute Gasteiger partial charge is 0.166 e. The van der Waals surface area contributed by atoms with Crippen molar-refractivity contribution in [2.24, 2.45) is 0 Å². The Hall–Kier alpha value is -4.58. The van der Waals surface area contributed by atoms with Crippen LogP contribution in [0.25, 0.3) is 60.5 Å². The summed E-state index contributed by atoms with van der Waals surface area (Å²) >= 11 is 0. The average Bonchev–Trinajstić information content (AvgIpc) is 3.10. The summed E-state index contributed by atoms with van der Waals surface area (Å²) in [4.78, 5) is 0. The minimum absolute atomic E-state index is 0.108. The maximum atomic E-state index is 13.6. The molecule has 0 spiro atoms. The van der Waals surface area contributed by atoms with E-state index in [0.29, 0.717) is 11.1 Å². The van der Waals surface area contributed by atoms with Crippen molar-refractivity contribution in [1.29, 1.82) is 0 Å². The van der Waals surface area contributed by atoms with Gasteiger partial charge in [-0.2, -0.15) is 26.3 Å². The number of hydrogen-bond acceptors (Lipinski definition) is 0. The third-order valence-corrected chi connectivity index (χ3v) is 8.25. The summed E-state index contributed by atoms with van der Waals surface area (Å²) in [7, 11) is 0. The second kappa shape index (κ2) is 9.21. The van der Waals surface area contributed by atoms with Crippen LogP contribution in [-0.2, 0) is 6.18 Å². The predicted octanol–water partition coefficient (Wildman–Crippen LogP) is 11.5. The summed E-state index contributed by atoms with van der Waals surface area (Å²) in [6.07, 6.45) is -3.18. The van der Waals surface area contributed by atoms with Gasteiger partial charge in [0.25, 0.3) is 0 Å². The van der Waals surface area contributed by atoms with Crippen LogP contribution >= 0.6 is 0 Å². The molecule has 0 unspecified atom stereocenters. The number of fused-ring (bicyclic) bond motifs is 4. The number of benzene rings is 5. The zero-order valence-corrected chi connectivity index (χ0v) is 22.3. The lowest BCUT2D eigenvalue weighted by atomic mass is 9.82. The molecule has 0 N–H and O–H groups in total. The first-order chi connectivity index (χ1) is 20.0. The summed E-state index contributed by atoms with van der Waals surface area (Å²) in [6.45, 7) is 2.03. The van der Waals surface area contributed by atoms with E-state index in [1.165, 1.54) is 24.3 Å². The Labute approximate surface area is 237 Å². The van der Waals surface area contributed by atoms with Crippen LogP contribution in [0.1, 0.15) is 23.1 Å². The highest BCUT2D eigenvalue weighted by molar-refractivity contribution is 6.26. The molecule has 2 aliphatic rings. The lowest BCUT2D eigenvalue weighted by Crippen LogP contribution is -2.09. The van der Waals surface area contributed by atoms with Gasteiger partial charge in [0.05, 0.1) is 11.1 Å². The van der Waals surface area contributed by atoms with Gasteiger partial charge >= 0.3 is 12.4 Å². The van der Waals surface area contributed by atoms with Gasteiger partial charge in [-0.05, 0) is 103 Å². The van der Waals surface area contributed by atoms with Crippen LogP contribution in [0.15, 0.2) is 109 Å². The molecule has 42 heavy (non-hydrogen) atoms. The van der Waals surface area contributed by atoms with E-state index in [-0.39, 0.29) is 6.42 Å². The molecule has 2 aliphatic carbocycles. The molecule has 0 saturated heterocycles. The topological polar surface area (TPSA) is 0 Å². The molecule has 0 radical (unpaired) electrons. The van der Waals surface area contributed by atoms with E-state index in [4.69, 9.17) is 0 Å². The number of halogens is 6. The maximum Gasteiger partial charge on any atom is 0.416 e. The highest BCUT2D eigenvalue weighted by Gasteiger charge is 2.34. The molecule has 6 heteroatoms. The molecule has 0 saturated carbocycles. The summed E-state index contributed by atoms with van der Waals surface area (Å²) in [5.41, 5.74) is 6.22. The van der Waals surface area contributed by atoms with Crippen LogP contribution < -0.4 is 0 Å². The Balaban J connectivity index is 1.60. The van der Waals surface area contributed by atoms with Gasteiger partial charge < -0.3 is 0 Å². The van der Waals surface area contributed by atoms with Crippen molar-refractivity contribution < 1.29 is 26.3 Å². The van der Waals surface area contributed by atoms with Crippen LogP contribution in [0.3, 0.4) is 0 Å². The zero-order chi connectivity index (χ0) is 29.4. The van der Waals surface area contributed by atoms with Crippen molar-refractivity contribution in [3.63, 3.8) is 0 Å². The molecule has 208 valence electrons. The van der Waals surface area contributed by atoms with E-state index < -0.39 is 23.5 Å². The van der Waals surface area contributed by atoms with Gasteiger partial charge in [-0.1, -0.05) is 85.0 Å². The Morgan fingerprint density at radius 1 is 0.548 bits per heavy atom. The summed E-state index contributed by atoms with van der Waals surface area (Å²) in [6, 6.07) is 22.9. The first-order valence-corrected chi connectivity index (χ1v) is 13.5. The van der Waals surface area contributed by atoms with Crippen molar-refractivity contribution in [3.05, 3.63) is 125 Å². The molecule has 7 rings (SSSR count). The third kappa shape index (κ3) is 4.00. The minimum Gasteiger partial charge on any atom is -0.166 e. The summed E-state index contributed by atoms with van der Waals surface area (Å²) in [5, 5.41) is 3.72. The molecule has 0 heterocycles. The van der Waals surface area contributed by atoms with E-state index >= 15 is 0 Å². The Bertz CT molecular complexity index is 2020. The summed E-state index contributed by atoms with van der Waals surface area (Å²) in [5.74, 6) is 0. The van der Waals surface area contributed by atoms with Gasteiger partial charge in [0.15, 0.2) is 0 Å². The van der Waals surface area contributed by atoms with Crippen LogP contribution in [0.5, 0.6) is 0 Å². The van der Waals surface area contributed by atoms with E-state index in [1.807, 2.05) is 67.6 Å². The number of alkyl halides is 6. The van der Waals surface area contributed by atoms with Crippen molar-refractivity contribution in [3.8, 4) is 33.4 Å². The van der Waals surface area contributed by atoms with Gasteiger partial charge in [0.1, 0.15) is 0 Å². The number of allylic oxidation sites excluding steroid dienone is 6. The molecule has 5 aromatic rings. The van der Waals surface area contributed by atoms with Crippen LogP contribution in [0.4, 0.5) is 26.3 Å². The van der Waals surface area contributed by atoms with Crippen LogP contribution in [0.2, 0.25) is 0 Å². The second-order valence-electron chi connectivity index (χ2n) is 10.7. The highest BCUT2D eigenvalue weighted by Crippen LogP contribution is 2.57. The number of hydrogen-bond donors (Lipinski definition) is 0.